The highest BCUT2D eigenvalue weighted by Crippen LogP contribution is 2.15. The van der Waals surface area contributed by atoms with E-state index in [-0.39, 0.29) is 11.6 Å². The molecule has 0 radical (unpaired) electrons. The molecule has 1 heterocycles. The smallest absolute Gasteiger partial charge is 0.255 e. The number of hydrogen-bond acceptors (Lipinski definition) is 6. The molecule has 0 saturated carbocycles. The number of nitrogens with two attached hydrogens (primary N) is 1. The van der Waals surface area contributed by atoms with E-state index >= 15 is 0 Å². The normalized spacial score (nSPS) is 12.1. The van der Waals surface area contributed by atoms with Crippen molar-refractivity contribution in [1.29, 1.82) is 0 Å². The van der Waals surface area contributed by atoms with Crippen molar-refractivity contribution in [2.75, 3.05) is 27.2 Å². The van der Waals surface area contributed by atoms with Gasteiger partial charge in [0.25, 0.3) is 5.91 Å². The highest BCUT2D eigenvalue weighted by Gasteiger charge is 2.09. The summed E-state index contributed by atoms with van der Waals surface area (Å²) < 4.78 is 0. The number of allylic oxidation sites excluding steroid dienone is 3. The molecule has 30 heavy (non-hydrogen) atoms. The van der Waals surface area contributed by atoms with Crippen molar-refractivity contribution in [2.24, 2.45) is 5.73 Å². The van der Waals surface area contributed by atoms with Crippen molar-refractivity contribution < 1.29 is 9.59 Å². The summed E-state index contributed by atoms with van der Waals surface area (Å²) in [5, 5.41) is 5.77. The molecule has 7 heteroatoms. The van der Waals surface area contributed by atoms with Gasteiger partial charge in [-0.1, -0.05) is 12.1 Å². The number of amides is 1. The van der Waals surface area contributed by atoms with Crippen molar-refractivity contribution >= 4 is 17.8 Å². The number of pyridine rings is 1. The van der Waals surface area contributed by atoms with Crippen LogP contribution in [0.25, 0.3) is 5.57 Å². The van der Waals surface area contributed by atoms with Gasteiger partial charge >= 0.3 is 0 Å². The summed E-state index contributed by atoms with van der Waals surface area (Å²) in [6.45, 7) is 2.78. The Kier molecular flexibility index (Phi) is 9.44. The molecule has 1 amide bonds. The standard InChI is InChI=1S/C23H29N5O2/c1-25-10-3-13-28(2)16-18-4-6-20(7-5-18)23(30)27-22(17-29)14-21(15-24)19-8-11-26-12-9-19/h4-9,11-12,14-15,17,25H,3,10,13,16,24H2,1-2H3,(H,27,30)/b21-15+,22-14+. The molecule has 158 valence electrons. The molecule has 0 spiro atoms. The van der Waals surface area contributed by atoms with E-state index in [4.69, 9.17) is 5.73 Å². The van der Waals surface area contributed by atoms with Gasteiger partial charge in [-0.05, 0) is 80.6 Å². The summed E-state index contributed by atoms with van der Waals surface area (Å²) in [4.78, 5) is 30.2. The topological polar surface area (TPSA) is 100 Å². The van der Waals surface area contributed by atoms with Crippen molar-refractivity contribution in [2.45, 2.75) is 13.0 Å². The molecular weight excluding hydrogens is 378 g/mol. The maximum Gasteiger partial charge on any atom is 0.255 e. The van der Waals surface area contributed by atoms with Crippen LogP contribution < -0.4 is 16.4 Å². The third-order valence-corrected chi connectivity index (χ3v) is 4.52. The number of aldehydes is 1. The first kappa shape index (κ1) is 23.0. The zero-order valence-electron chi connectivity index (χ0n) is 17.5. The predicted molar refractivity (Wildman–Crippen MR) is 119 cm³/mol. The first-order valence-electron chi connectivity index (χ1n) is 9.80. The lowest BCUT2D eigenvalue weighted by Gasteiger charge is -2.16. The minimum atomic E-state index is -0.353. The number of nitrogens with one attached hydrogen (secondary N) is 2. The van der Waals surface area contributed by atoms with Crippen LogP contribution in [0.4, 0.5) is 0 Å². The number of carbonyl (C=O) groups excluding carboxylic acids is 2. The molecule has 0 fully saturated rings. The van der Waals surface area contributed by atoms with Crippen LogP contribution >= 0.6 is 0 Å². The fourth-order valence-corrected chi connectivity index (χ4v) is 2.92. The van der Waals surface area contributed by atoms with E-state index in [1.807, 2.05) is 19.2 Å². The Labute approximate surface area is 177 Å². The van der Waals surface area contributed by atoms with Gasteiger partial charge in [0.1, 0.15) is 0 Å². The van der Waals surface area contributed by atoms with Crippen LogP contribution in [0.3, 0.4) is 0 Å². The monoisotopic (exact) mass is 407 g/mol. The Bertz CT molecular complexity index is 876. The van der Waals surface area contributed by atoms with Crippen LogP contribution in [0.15, 0.2) is 66.8 Å². The second-order valence-electron chi connectivity index (χ2n) is 6.92. The molecule has 7 nitrogen and oxygen atoms in total. The van der Waals surface area contributed by atoms with Crippen LogP contribution in [-0.2, 0) is 11.3 Å². The molecule has 0 atom stereocenters. The largest absolute Gasteiger partial charge is 0.404 e. The van der Waals surface area contributed by atoms with E-state index in [0.717, 1.165) is 37.2 Å². The third kappa shape index (κ3) is 7.27. The molecule has 1 aromatic carbocycles. The van der Waals surface area contributed by atoms with Gasteiger partial charge in [0, 0.05) is 30.7 Å². The fourth-order valence-electron chi connectivity index (χ4n) is 2.92. The summed E-state index contributed by atoms with van der Waals surface area (Å²) in [5.74, 6) is -0.353. The van der Waals surface area contributed by atoms with Crippen molar-refractivity contribution in [3.05, 3.63) is 83.5 Å². The lowest BCUT2D eigenvalue weighted by molar-refractivity contribution is -0.105. The van der Waals surface area contributed by atoms with Crippen LogP contribution in [0.5, 0.6) is 0 Å². The molecule has 2 rings (SSSR count). The summed E-state index contributed by atoms with van der Waals surface area (Å²) in [6, 6.07) is 10.9. The van der Waals surface area contributed by atoms with E-state index in [1.165, 1.54) is 12.3 Å². The molecule has 1 aromatic heterocycles. The Morgan fingerprint density at radius 1 is 1.13 bits per heavy atom. The molecule has 0 saturated heterocycles. The molecule has 2 aromatic rings. The first-order valence-corrected chi connectivity index (χ1v) is 9.80. The van der Waals surface area contributed by atoms with Gasteiger partial charge in [0.2, 0.25) is 0 Å². The maximum absolute atomic E-state index is 12.5. The van der Waals surface area contributed by atoms with E-state index in [2.05, 4.69) is 27.6 Å². The van der Waals surface area contributed by atoms with Crippen molar-refractivity contribution in [1.82, 2.24) is 20.5 Å². The van der Waals surface area contributed by atoms with E-state index in [9.17, 15) is 9.59 Å². The summed E-state index contributed by atoms with van der Waals surface area (Å²) in [7, 11) is 4.02. The Balaban J connectivity index is 2.01. The quantitative estimate of drug-likeness (QED) is 0.228. The highest BCUT2D eigenvalue weighted by molar-refractivity contribution is 5.99. The highest BCUT2D eigenvalue weighted by atomic mass is 16.2. The van der Waals surface area contributed by atoms with Crippen LogP contribution in [0.1, 0.15) is 27.9 Å². The van der Waals surface area contributed by atoms with Crippen LogP contribution in [-0.4, -0.2) is 49.3 Å². The Morgan fingerprint density at radius 3 is 2.43 bits per heavy atom. The molecule has 0 bridgehead atoms. The molecule has 0 aliphatic heterocycles. The van der Waals surface area contributed by atoms with Gasteiger partial charge in [-0.15, -0.1) is 0 Å². The van der Waals surface area contributed by atoms with E-state index in [1.54, 1.807) is 36.7 Å². The molecular formula is C23H29N5O2. The molecule has 4 N–H and O–H groups in total. The maximum atomic E-state index is 12.5. The summed E-state index contributed by atoms with van der Waals surface area (Å²) in [5.41, 5.74) is 8.81. The molecule has 0 aliphatic rings. The van der Waals surface area contributed by atoms with Crippen LogP contribution in [0.2, 0.25) is 0 Å². The summed E-state index contributed by atoms with van der Waals surface area (Å²) in [6.07, 6.45) is 7.85. The van der Waals surface area contributed by atoms with Gasteiger partial charge in [-0.3, -0.25) is 14.6 Å². The summed E-state index contributed by atoms with van der Waals surface area (Å²) >= 11 is 0. The minimum absolute atomic E-state index is 0.127. The number of carbonyl (C=O) groups is 2. The SMILES string of the molecule is CNCCCN(C)Cc1ccc(C(=O)N/C(C=O)=C/C(=C\N)c2ccncc2)cc1. The van der Waals surface area contributed by atoms with E-state index in [0.29, 0.717) is 17.4 Å². The average Bonchev–Trinajstić information content (AvgIpc) is 2.77. The van der Waals surface area contributed by atoms with E-state index < -0.39 is 0 Å². The number of benzene rings is 1. The number of nitrogens with zero attached hydrogens (tertiary/aromatic N) is 2. The van der Waals surface area contributed by atoms with Crippen molar-refractivity contribution in [3.63, 3.8) is 0 Å². The predicted octanol–water partition coefficient (Wildman–Crippen LogP) is 1.94. The van der Waals surface area contributed by atoms with Crippen LogP contribution in [0, 0.1) is 0 Å². The van der Waals surface area contributed by atoms with Crippen molar-refractivity contribution in [3.8, 4) is 0 Å². The fraction of sp³-hybridized carbons (Fsp3) is 0.261. The van der Waals surface area contributed by atoms with Gasteiger partial charge in [0.15, 0.2) is 6.29 Å². The van der Waals surface area contributed by atoms with Gasteiger partial charge < -0.3 is 21.3 Å². The second-order valence-corrected chi connectivity index (χ2v) is 6.92. The lowest BCUT2D eigenvalue weighted by atomic mass is 10.1. The Hall–Kier alpha value is -3.29. The Morgan fingerprint density at radius 2 is 1.83 bits per heavy atom. The number of aromatic nitrogens is 1. The third-order valence-electron chi connectivity index (χ3n) is 4.52. The minimum Gasteiger partial charge on any atom is -0.404 e. The van der Waals surface area contributed by atoms with Gasteiger partial charge in [-0.2, -0.15) is 0 Å². The second kappa shape index (κ2) is 12.3. The molecule has 0 aliphatic carbocycles. The lowest BCUT2D eigenvalue weighted by Crippen LogP contribution is -2.24. The zero-order valence-corrected chi connectivity index (χ0v) is 17.5. The van der Waals surface area contributed by atoms with Gasteiger partial charge in [-0.25, -0.2) is 0 Å². The van der Waals surface area contributed by atoms with Gasteiger partial charge in [0.05, 0.1) is 5.70 Å². The molecule has 0 unspecified atom stereocenters. The average molecular weight is 408 g/mol. The zero-order chi connectivity index (χ0) is 21.8. The number of rotatable bonds is 11. The first-order chi connectivity index (χ1) is 14.6. The number of hydrogen-bond donors (Lipinski definition) is 3.